The minimum absolute atomic E-state index is 0.0731. The third-order valence-electron chi connectivity index (χ3n) is 1.99. The highest BCUT2D eigenvalue weighted by atomic mass is 16.3. The molecule has 80 valence electrons. The first kappa shape index (κ1) is 11.4. The summed E-state index contributed by atoms with van der Waals surface area (Å²) in [5, 5.41) is 8.83. The zero-order valence-electron chi connectivity index (χ0n) is 8.35. The van der Waals surface area contributed by atoms with E-state index in [1.54, 1.807) is 11.0 Å². The van der Waals surface area contributed by atoms with E-state index in [1.165, 1.54) is 18.2 Å². The molecule has 1 aliphatic carbocycles. The molecule has 4 nitrogen and oxygen atoms in total. The monoisotopic (exact) mass is 207 g/mol. The maximum absolute atomic E-state index is 11.5. The molecule has 0 aliphatic heterocycles. The fourth-order valence-corrected chi connectivity index (χ4v) is 1.33. The summed E-state index contributed by atoms with van der Waals surface area (Å²) >= 11 is 0. The van der Waals surface area contributed by atoms with Crippen LogP contribution in [-0.4, -0.2) is 41.3 Å². The van der Waals surface area contributed by atoms with Gasteiger partial charge in [-0.2, -0.15) is 0 Å². The van der Waals surface area contributed by atoms with Crippen LogP contribution in [0.3, 0.4) is 0 Å². The lowest BCUT2D eigenvalue weighted by molar-refractivity contribution is -0.115. The third-order valence-corrected chi connectivity index (χ3v) is 1.99. The van der Waals surface area contributed by atoms with E-state index in [4.69, 9.17) is 5.11 Å². The van der Waals surface area contributed by atoms with Crippen LogP contribution in [0.1, 0.15) is 0 Å². The summed E-state index contributed by atoms with van der Waals surface area (Å²) in [6.07, 6.45) is 5.37. The van der Waals surface area contributed by atoms with Crippen LogP contribution in [0.5, 0.6) is 0 Å². The Morgan fingerprint density at radius 2 is 2.13 bits per heavy atom. The Hall–Kier alpha value is -1.68. The SMILES string of the molecule is C=CCN(CCO)C1=CC(=O)C=CC1=O. The molecule has 0 unspecified atom stereocenters. The molecule has 0 aromatic heterocycles. The number of nitrogens with zero attached hydrogens (tertiary/aromatic N) is 1. The van der Waals surface area contributed by atoms with Gasteiger partial charge in [0.15, 0.2) is 5.78 Å². The third kappa shape index (κ3) is 2.89. The standard InChI is InChI=1S/C11H13NO3/c1-2-5-12(6-7-13)10-8-9(14)3-4-11(10)15/h2-4,8,13H,1,5-7H2. The van der Waals surface area contributed by atoms with Crippen LogP contribution >= 0.6 is 0 Å². The molecule has 1 N–H and O–H groups in total. The molecule has 0 saturated carbocycles. The molecule has 4 heteroatoms. The normalized spacial score (nSPS) is 15.1. The highest BCUT2D eigenvalue weighted by molar-refractivity contribution is 6.16. The molecule has 1 aliphatic rings. The average molecular weight is 207 g/mol. The number of hydrogen-bond donors (Lipinski definition) is 1. The topological polar surface area (TPSA) is 57.6 Å². The van der Waals surface area contributed by atoms with E-state index < -0.39 is 0 Å². The van der Waals surface area contributed by atoms with Crippen LogP contribution in [0.2, 0.25) is 0 Å². The van der Waals surface area contributed by atoms with Crippen molar-refractivity contribution in [1.82, 2.24) is 4.90 Å². The lowest BCUT2D eigenvalue weighted by Gasteiger charge is -2.24. The molecule has 1 rings (SSSR count). The van der Waals surface area contributed by atoms with Gasteiger partial charge in [0.2, 0.25) is 5.78 Å². The van der Waals surface area contributed by atoms with Gasteiger partial charge in [0.05, 0.1) is 12.3 Å². The largest absolute Gasteiger partial charge is 0.395 e. The van der Waals surface area contributed by atoms with Crippen molar-refractivity contribution in [3.05, 3.63) is 36.6 Å². The molecule has 0 saturated heterocycles. The second-order valence-electron chi connectivity index (χ2n) is 3.09. The first-order valence-corrected chi connectivity index (χ1v) is 4.64. The second-order valence-corrected chi connectivity index (χ2v) is 3.09. The lowest BCUT2D eigenvalue weighted by Crippen LogP contribution is -2.31. The van der Waals surface area contributed by atoms with E-state index in [-0.39, 0.29) is 18.2 Å². The smallest absolute Gasteiger partial charge is 0.202 e. The molecule has 0 radical (unpaired) electrons. The predicted molar refractivity (Wildman–Crippen MR) is 56.1 cm³/mol. The summed E-state index contributed by atoms with van der Waals surface area (Å²) in [4.78, 5) is 24.2. The fourth-order valence-electron chi connectivity index (χ4n) is 1.33. The highest BCUT2D eigenvalue weighted by Gasteiger charge is 2.18. The molecular weight excluding hydrogens is 194 g/mol. The Balaban J connectivity index is 2.86. The minimum Gasteiger partial charge on any atom is -0.395 e. The van der Waals surface area contributed by atoms with Gasteiger partial charge < -0.3 is 10.0 Å². The van der Waals surface area contributed by atoms with Crippen molar-refractivity contribution in [2.75, 3.05) is 19.7 Å². The summed E-state index contributed by atoms with van der Waals surface area (Å²) in [7, 11) is 0. The van der Waals surface area contributed by atoms with E-state index in [0.717, 1.165) is 0 Å². The lowest BCUT2D eigenvalue weighted by atomic mass is 10.1. The number of carbonyl (C=O) groups is 2. The van der Waals surface area contributed by atoms with Gasteiger partial charge >= 0.3 is 0 Å². The Morgan fingerprint density at radius 3 is 2.73 bits per heavy atom. The van der Waals surface area contributed by atoms with Crippen molar-refractivity contribution in [2.24, 2.45) is 0 Å². The van der Waals surface area contributed by atoms with Crippen LogP contribution in [0.15, 0.2) is 36.6 Å². The molecule has 0 fully saturated rings. The number of rotatable bonds is 5. The maximum atomic E-state index is 11.5. The van der Waals surface area contributed by atoms with Gasteiger partial charge in [0.25, 0.3) is 0 Å². The first-order chi connectivity index (χ1) is 7.19. The van der Waals surface area contributed by atoms with Crippen LogP contribution < -0.4 is 0 Å². The zero-order valence-corrected chi connectivity index (χ0v) is 8.35. The second kappa shape index (κ2) is 5.26. The minimum atomic E-state index is -0.218. The zero-order chi connectivity index (χ0) is 11.3. The van der Waals surface area contributed by atoms with Gasteiger partial charge in [-0.05, 0) is 12.2 Å². The number of aliphatic hydroxyl groups excluding tert-OH is 1. The summed E-state index contributed by atoms with van der Waals surface area (Å²) in [6, 6.07) is 0. The molecular formula is C11H13NO3. The quantitative estimate of drug-likeness (QED) is 0.511. The van der Waals surface area contributed by atoms with Crippen LogP contribution in [0.25, 0.3) is 0 Å². The number of allylic oxidation sites excluding steroid dienone is 3. The molecule has 0 bridgehead atoms. The van der Waals surface area contributed by atoms with Gasteiger partial charge in [0, 0.05) is 19.2 Å². The van der Waals surface area contributed by atoms with Gasteiger partial charge in [-0.25, -0.2) is 0 Å². The summed E-state index contributed by atoms with van der Waals surface area (Å²) in [5.74, 6) is -0.429. The fraction of sp³-hybridized carbons (Fsp3) is 0.273. The van der Waals surface area contributed by atoms with Gasteiger partial charge in [-0.3, -0.25) is 9.59 Å². The van der Waals surface area contributed by atoms with Crippen molar-refractivity contribution in [1.29, 1.82) is 0 Å². The van der Waals surface area contributed by atoms with Gasteiger partial charge in [-0.1, -0.05) is 6.08 Å². The van der Waals surface area contributed by atoms with Crippen molar-refractivity contribution < 1.29 is 14.7 Å². The molecule has 0 heterocycles. The Labute approximate surface area is 88.2 Å². The van der Waals surface area contributed by atoms with Crippen molar-refractivity contribution in [3.8, 4) is 0 Å². The summed E-state index contributed by atoms with van der Waals surface area (Å²) in [5.41, 5.74) is 0.316. The molecule has 0 atom stereocenters. The van der Waals surface area contributed by atoms with Crippen LogP contribution in [0.4, 0.5) is 0 Å². The van der Waals surface area contributed by atoms with E-state index in [1.807, 2.05) is 0 Å². The summed E-state index contributed by atoms with van der Waals surface area (Å²) < 4.78 is 0. The van der Waals surface area contributed by atoms with E-state index in [0.29, 0.717) is 18.8 Å². The molecule has 0 spiro atoms. The van der Waals surface area contributed by atoms with Crippen LogP contribution in [-0.2, 0) is 9.59 Å². The van der Waals surface area contributed by atoms with E-state index in [9.17, 15) is 9.59 Å². The number of hydrogen-bond acceptors (Lipinski definition) is 4. The van der Waals surface area contributed by atoms with E-state index in [2.05, 4.69) is 6.58 Å². The molecule has 15 heavy (non-hydrogen) atoms. The first-order valence-electron chi connectivity index (χ1n) is 4.64. The van der Waals surface area contributed by atoms with Gasteiger partial charge in [0.1, 0.15) is 0 Å². The molecule has 0 amide bonds. The number of ketones is 2. The predicted octanol–water partition coefficient (Wildman–Crippen LogP) is 0.0586. The Kier molecular flexibility index (Phi) is 4.00. The maximum Gasteiger partial charge on any atom is 0.202 e. The van der Waals surface area contributed by atoms with Crippen molar-refractivity contribution in [2.45, 2.75) is 0 Å². The average Bonchev–Trinajstić information content (AvgIpc) is 2.21. The number of aliphatic hydroxyl groups is 1. The van der Waals surface area contributed by atoms with Crippen molar-refractivity contribution >= 4 is 11.6 Å². The molecule has 0 aromatic rings. The Morgan fingerprint density at radius 1 is 1.40 bits per heavy atom. The van der Waals surface area contributed by atoms with E-state index >= 15 is 0 Å². The number of carbonyl (C=O) groups excluding carboxylic acids is 2. The van der Waals surface area contributed by atoms with Crippen LogP contribution in [0, 0.1) is 0 Å². The molecule has 0 aromatic carbocycles. The Bertz CT molecular complexity index is 342. The van der Waals surface area contributed by atoms with Gasteiger partial charge in [-0.15, -0.1) is 6.58 Å². The van der Waals surface area contributed by atoms with Crippen molar-refractivity contribution in [3.63, 3.8) is 0 Å². The highest BCUT2D eigenvalue weighted by Crippen LogP contribution is 2.10. The summed E-state index contributed by atoms with van der Waals surface area (Å²) in [6.45, 7) is 4.22.